The molecule has 1 aromatic carbocycles. The molecule has 0 spiro atoms. The van der Waals surface area contributed by atoms with E-state index in [1.165, 1.54) is 75.1 Å². The summed E-state index contributed by atoms with van der Waals surface area (Å²) in [5.74, 6) is 0.846. The molecule has 0 amide bonds. The number of hydrogen-bond donors (Lipinski definition) is 0. The molecule has 3 heterocycles. The van der Waals surface area contributed by atoms with Crippen molar-refractivity contribution >= 4 is 0 Å². The van der Waals surface area contributed by atoms with Crippen molar-refractivity contribution in [3.63, 3.8) is 0 Å². The van der Waals surface area contributed by atoms with Crippen LogP contribution in [0.1, 0.15) is 40.7 Å². The van der Waals surface area contributed by atoms with E-state index in [0.29, 0.717) is 0 Å². The average molecular weight is 364 g/mol. The van der Waals surface area contributed by atoms with Gasteiger partial charge in [0.2, 0.25) is 0 Å². The fourth-order valence-electron chi connectivity index (χ4n) is 4.76. The third-order valence-electron chi connectivity index (χ3n) is 6.48. The highest BCUT2D eigenvalue weighted by atomic mass is 15.2. The number of rotatable bonds is 6. The van der Waals surface area contributed by atoms with Crippen molar-refractivity contribution in [2.75, 3.05) is 32.7 Å². The second-order valence-electron chi connectivity index (χ2n) is 8.60. The van der Waals surface area contributed by atoms with Crippen molar-refractivity contribution in [2.24, 2.45) is 5.92 Å². The zero-order chi connectivity index (χ0) is 18.6. The van der Waals surface area contributed by atoms with E-state index >= 15 is 0 Å². The molecule has 0 aliphatic carbocycles. The third kappa shape index (κ3) is 4.77. The Hall–Kier alpha value is -1.71. The molecule has 0 bridgehead atoms. The van der Waals surface area contributed by atoms with Gasteiger partial charge in [0.1, 0.15) is 0 Å². The molecule has 2 aromatic rings. The van der Waals surface area contributed by atoms with Crippen LogP contribution in [0.4, 0.5) is 0 Å². The maximum atomic E-state index is 4.10. The summed E-state index contributed by atoms with van der Waals surface area (Å²) in [4.78, 5) is 9.48. The van der Waals surface area contributed by atoms with Crippen LogP contribution in [-0.2, 0) is 19.4 Å². The fraction of sp³-hybridized carbons (Fsp3) is 0.542. The topological polar surface area (TPSA) is 19.4 Å². The number of hydrogen-bond acceptors (Lipinski definition) is 3. The van der Waals surface area contributed by atoms with Crippen LogP contribution in [-0.4, -0.2) is 47.5 Å². The van der Waals surface area contributed by atoms with Crippen LogP contribution >= 0.6 is 0 Å². The smallest absolute Gasteiger partial charge is 0.0270 e. The Morgan fingerprint density at radius 3 is 2.59 bits per heavy atom. The van der Waals surface area contributed by atoms with Crippen LogP contribution in [0.2, 0.25) is 0 Å². The molecule has 2 aliphatic heterocycles. The summed E-state index contributed by atoms with van der Waals surface area (Å²) in [6, 6.07) is 9.13. The third-order valence-corrected chi connectivity index (χ3v) is 6.48. The molecule has 144 valence electrons. The van der Waals surface area contributed by atoms with Crippen LogP contribution in [0.3, 0.4) is 0 Å². The van der Waals surface area contributed by atoms with Gasteiger partial charge in [-0.3, -0.25) is 9.88 Å². The van der Waals surface area contributed by atoms with Gasteiger partial charge in [0, 0.05) is 38.6 Å². The van der Waals surface area contributed by atoms with Gasteiger partial charge in [-0.1, -0.05) is 12.1 Å². The van der Waals surface area contributed by atoms with Crippen LogP contribution in [0.25, 0.3) is 0 Å². The molecule has 27 heavy (non-hydrogen) atoms. The highest BCUT2D eigenvalue weighted by molar-refractivity contribution is 5.38. The molecule has 3 nitrogen and oxygen atoms in total. The number of benzene rings is 1. The quantitative estimate of drug-likeness (QED) is 0.773. The average Bonchev–Trinajstić information content (AvgIpc) is 3.11. The summed E-state index contributed by atoms with van der Waals surface area (Å²) in [6.45, 7) is 11.9. The maximum absolute atomic E-state index is 4.10. The van der Waals surface area contributed by atoms with Gasteiger partial charge in [0.25, 0.3) is 0 Å². The lowest BCUT2D eigenvalue weighted by Crippen LogP contribution is -2.35. The molecular formula is C24H33N3. The lowest BCUT2D eigenvalue weighted by molar-refractivity contribution is 0.210. The van der Waals surface area contributed by atoms with Crippen LogP contribution in [0.15, 0.2) is 36.7 Å². The molecule has 0 radical (unpaired) electrons. The summed E-state index contributed by atoms with van der Waals surface area (Å²) in [7, 11) is 0. The number of aromatic nitrogens is 1. The highest BCUT2D eigenvalue weighted by Crippen LogP contribution is 2.25. The van der Waals surface area contributed by atoms with E-state index in [1.807, 2.05) is 12.4 Å². The van der Waals surface area contributed by atoms with Gasteiger partial charge < -0.3 is 4.90 Å². The van der Waals surface area contributed by atoms with Gasteiger partial charge in [0.15, 0.2) is 0 Å². The zero-order valence-electron chi connectivity index (χ0n) is 17.0. The molecule has 1 unspecified atom stereocenters. The van der Waals surface area contributed by atoms with Crippen molar-refractivity contribution in [3.05, 3.63) is 64.5 Å². The first-order chi connectivity index (χ1) is 13.2. The van der Waals surface area contributed by atoms with Gasteiger partial charge in [-0.05, 0) is 98.5 Å². The molecular weight excluding hydrogens is 330 g/mol. The van der Waals surface area contributed by atoms with Crippen molar-refractivity contribution in [3.8, 4) is 0 Å². The monoisotopic (exact) mass is 363 g/mol. The SMILES string of the molecule is Cc1cc2c(cc1C)CN(CC1CCN(CCCc3ccncc3)C1)CC2. The Morgan fingerprint density at radius 2 is 1.78 bits per heavy atom. The highest BCUT2D eigenvalue weighted by Gasteiger charge is 2.26. The summed E-state index contributed by atoms with van der Waals surface area (Å²) in [5.41, 5.74) is 7.45. The van der Waals surface area contributed by atoms with Crippen LogP contribution in [0.5, 0.6) is 0 Å². The first-order valence-corrected chi connectivity index (χ1v) is 10.6. The lowest BCUT2D eigenvalue weighted by atomic mass is 9.94. The number of fused-ring (bicyclic) bond motifs is 1. The Bertz CT molecular complexity index is 756. The molecule has 0 N–H and O–H groups in total. The molecule has 3 heteroatoms. The predicted molar refractivity (Wildman–Crippen MR) is 112 cm³/mol. The van der Waals surface area contributed by atoms with E-state index in [2.05, 4.69) is 52.9 Å². The number of pyridine rings is 1. The Kier molecular flexibility index (Phi) is 5.89. The van der Waals surface area contributed by atoms with Gasteiger partial charge in [-0.25, -0.2) is 0 Å². The number of aryl methyl sites for hydroxylation is 3. The van der Waals surface area contributed by atoms with E-state index in [9.17, 15) is 0 Å². The summed E-state index contributed by atoms with van der Waals surface area (Å²) in [6.07, 6.45) is 8.82. The molecule has 1 fully saturated rings. The standard InChI is InChI=1S/C24H33N3/c1-19-14-23-8-13-27(18-24(23)15-20(19)2)17-22-7-12-26(16-22)11-3-4-21-5-9-25-10-6-21/h5-6,9-10,14-15,22H,3-4,7-8,11-13,16-18H2,1-2H3. The Labute approximate surface area is 164 Å². The van der Waals surface area contributed by atoms with Gasteiger partial charge in [-0.15, -0.1) is 0 Å². The van der Waals surface area contributed by atoms with Crippen LogP contribution in [0, 0.1) is 19.8 Å². The zero-order valence-corrected chi connectivity index (χ0v) is 17.0. The minimum Gasteiger partial charge on any atom is -0.303 e. The van der Waals surface area contributed by atoms with E-state index < -0.39 is 0 Å². The lowest BCUT2D eigenvalue weighted by Gasteiger charge is -2.31. The molecule has 0 saturated carbocycles. The maximum Gasteiger partial charge on any atom is 0.0270 e. The first-order valence-electron chi connectivity index (χ1n) is 10.6. The van der Waals surface area contributed by atoms with Gasteiger partial charge in [-0.2, -0.15) is 0 Å². The van der Waals surface area contributed by atoms with E-state index in [0.717, 1.165) is 12.5 Å². The molecule has 1 saturated heterocycles. The van der Waals surface area contributed by atoms with E-state index in [1.54, 1.807) is 11.1 Å². The normalized spacial score (nSPS) is 20.7. The summed E-state index contributed by atoms with van der Waals surface area (Å²) >= 11 is 0. The Morgan fingerprint density at radius 1 is 1.00 bits per heavy atom. The largest absolute Gasteiger partial charge is 0.303 e. The minimum absolute atomic E-state index is 0.846. The van der Waals surface area contributed by atoms with Crippen molar-refractivity contribution in [2.45, 2.75) is 46.1 Å². The van der Waals surface area contributed by atoms with E-state index in [4.69, 9.17) is 0 Å². The molecule has 1 aromatic heterocycles. The van der Waals surface area contributed by atoms with E-state index in [-0.39, 0.29) is 0 Å². The second-order valence-corrected chi connectivity index (χ2v) is 8.60. The first kappa shape index (κ1) is 18.6. The predicted octanol–water partition coefficient (Wildman–Crippen LogP) is 4.01. The number of nitrogens with zero attached hydrogens (tertiary/aromatic N) is 3. The molecule has 2 aliphatic rings. The Balaban J connectivity index is 1.22. The molecule has 1 atom stereocenters. The fourth-order valence-corrected chi connectivity index (χ4v) is 4.76. The molecule has 4 rings (SSSR count). The van der Waals surface area contributed by atoms with Gasteiger partial charge in [0.05, 0.1) is 0 Å². The summed E-state index contributed by atoms with van der Waals surface area (Å²) < 4.78 is 0. The van der Waals surface area contributed by atoms with Crippen molar-refractivity contribution < 1.29 is 0 Å². The van der Waals surface area contributed by atoms with Crippen molar-refractivity contribution in [1.29, 1.82) is 0 Å². The van der Waals surface area contributed by atoms with Crippen molar-refractivity contribution in [1.82, 2.24) is 14.8 Å². The summed E-state index contributed by atoms with van der Waals surface area (Å²) in [5, 5.41) is 0. The van der Waals surface area contributed by atoms with Gasteiger partial charge >= 0.3 is 0 Å². The van der Waals surface area contributed by atoms with Crippen LogP contribution < -0.4 is 0 Å². The number of likely N-dealkylation sites (tertiary alicyclic amines) is 1. The minimum atomic E-state index is 0.846. The second kappa shape index (κ2) is 8.53.